The predicted octanol–water partition coefficient (Wildman–Crippen LogP) is 3.96. The molecular formula is C32H26FN7O5S. The average Bonchev–Trinajstić information content (AvgIpc) is 3.73. The Kier molecular flexibility index (Phi) is 7.15. The topological polar surface area (TPSA) is 161 Å². The number of likely N-dealkylation sites (tertiary alicyclic amines) is 1. The van der Waals surface area contributed by atoms with Crippen molar-refractivity contribution in [3.05, 3.63) is 96.0 Å². The molecule has 2 aliphatic heterocycles. The zero-order valence-electron chi connectivity index (χ0n) is 24.4. The first-order valence-corrected chi connectivity index (χ1v) is 16.0. The lowest BCUT2D eigenvalue weighted by atomic mass is 9.78. The Hall–Kier alpha value is -5.37. The maximum absolute atomic E-state index is 14.8. The molecule has 0 bridgehead atoms. The van der Waals surface area contributed by atoms with Crippen LogP contribution in [0.1, 0.15) is 47.2 Å². The third kappa shape index (κ3) is 4.90. The van der Waals surface area contributed by atoms with Crippen molar-refractivity contribution in [1.29, 1.82) is 0 Å². The number of hydrogen-bond acceptors (Lipinski definition) is 9. The Morgan fingerprint density at radius 2 is 1.91 bits per heavy atom. The van der Waals surface area contributed by atoms with Crippen molar-refractivity contribution >= 4 is 38.6 Å². The number of rotatable bonds is 6. The van der Waals surface area contributed by atoms with E-state index in [-0.39, 0.29) is 39.3 Å². The van der Waals surface area contributed by atoms with E-state index in [1.54, 1.807) is 24.0 Å². The molecule has 1 fully saturated rings. The summed E-state index contributed by atoms with van der Waals surface area (Å²) in [6.07, 6.45) is 6.38. The number of fused-ring (bicyclic) bond motifs is 2. The molecule has 5 heterocycles. The van der Waals surface area contributed by atoms with Gasteiger partial charge in [0.15, 0.2) is 0 Å². The summed E-state index contributed by atoms with van der Waals surface area (Å²) < 4.78 is 43.1. The van der Waals surface area contributed by atoms with Gasteiger partial charge in [0.05, 0.1) is 34.5 Å². The van der Waals surface area contributed by atoms with Gasteiger partial charge in [0.25, 0.3) is 15.9 Å². The maximum atomic E-state index is 14.8. The lowest BCUT2D eigenvalue weighted by Crippen LogP contribution is -2.33. The molecule has 2 amide bonds. The molecule has 1 N–H and O–H groups in total. The highest BCUT2D eigenvalue weighted by Gasteiger charge is 2.39. The summed E-state index contributed by atoms with van der Waals surface area (Å²) in [5.74, 6) is -2.61. The van der Waals surface area contributed by atoms with Crippen LogP contribution < -0.4 is 0 Å². The second-order valence-electron chi connectivity index (χ2n) is 11.1. The highest BCUT2D eigenvalue weighted by Crippen LogP contribution is 2.40. The first-order valence-electron chi connectivity index (χ1n) is 14.5. The molecule has 1 saturated heterocycles. The maximum Gasteiger partial charge on any atom is 0.283 e. The number of carbonyl (C=O) groups is 2. The molecule has 2 atom stereocenters. The van der Waals surface area contributed by atoms with E-state index < -0.39 is 27.7 Å². The first-order chi connectivity index (χ1) is 22.2. The molecule has 0 aliphatic carbocycles. The van der Waals surface area contributed by atoms with Gasteiger partial charge >= 0.3 is 0 Å². The van der Waals surface area contributed by atoms with Crippen LogP contribution in [0, 0.1) is 11.7 Å². The molecule has 1 unspecified atom stereocenters. The van der Waals surface area contributed by atoms with Crippen LogP contribution in [0.25, 0.3) is 22.3 Å². The van der Waals surface area contributed by atoms with Gasteiger partial charge in [-0.25, -0.2) is 19.4 Å². The van der Waals surface area contributed by atoms with Crippen molar-refractivity contribution in [2.45, 2.75) is 30.6 Å². The number of benzene rings is 2. The zero-order chi connectivity index (χ0) is 32.2. The smallest absolute Gasteiger partial charge is 0.283 e. The van der Waals surface area contributed by atoms with Gasteiger partial charge in [0.1, 0.15) is 28.9 Å². The molecule has 2 aromatic carbocycles. The van der Waals surface area contributed by atoms with Crippen LogP contribution in [0.15, 0.2) is 83.3 Å². The largest absolute Gasteiger partial charge is 0.507 e. The van der Waals surface area contributed by atoms with Crippen molar-refractivity contribution in [1.82, 2.24) is 29.0 Å². The fourth-order valence-electron chi connectivity index (χ4n) is 6.15. The predicted molar refractivity (Wildman–Crippen MR) is 164 cm³/mol. The second-order valence-corrected chi connectivity index (χ2v) is 12.9. The molecule has 12 nitrogen and oxygen atoms in total. The molecule has 0 saturated carbocycles. The van der Waals surface area contributed by atoms with Crippen LogP contribution in [0.3, 0.4) is 0 Å². The molecule has 2 aliphatic rings. The van der Waals surface area contributed by atoms with E-state index in [1.165, 1.54) is 61.3 Å². The highest BCUT2D eigenvalue weighted by atomic mass is 32.2. The fraction of sp³-hybridized carbons (Fsp3) is 0.219. The number of phenolic OH excluding ortho intramolecular Hbond substituents is 1. The third-order valence-electron chi connectivity index (χ3n) is 8.41. The highest BCUT2D eigenvalue weighted by molar-refractivity contribution is 7.89. The molecule has 3 aromatic heterocycles. The summed E-state index contributed by atoms with van der Waals surface area (Å²) >= 11 is 0. The van der Waals surface area contributed by atoms with Crippen molar-refractivity contribution in [3.8, 4) is 17.0 Å². The minimum atomic E-state index is -4.17. The van der Waals surface area contributed by atoms with Crippen LogP contribution in [-0.2, 0) is 14.8 Å². The van der Waals surface area contributed by atoms with Crippen molar-refractivity contribution < 1.29 is 27.5 Å². The molecule has 232 valence electrons. The summed E-state index contributed by atoms with van der Waals surface area (Å²) in [5.41, 5.74) is 2.17. The Morgan fingerprint density at radius 3 is 2.70 bits per heavy atom. The van der Waals surface area contributed by atoms with Gasteiger partial charge in [-0.15, -0.1) is 0 Å². The van der Waals surface area contributed by atoms with Crippen molar-refractivity contribution in [2.24, 2.45) is 10.9 Å². The van der Waals surface area contributed by atoms with Gasteiger partial charge in [-0.2, -0.15) is 17.6 Å². The number of phenols is 1. The van der Waals surface area contributed by atoms with Crippen molar-refractivity contribution in [3.63, 3.8) is 0 Å². The lowest BCUT2D eigenvalue weighted by Gasteiger charge is -2.29. The van der Waals surface area contributed by atoms with E-state index in [1.807, 2.05) is 0 Å². The molecule has 5 aromatic rings. The average molecular weight is 640 g/mol. The number of halogens is 1. The van der Waals surface area contributed by atoms with E-state index >= 15 is 0 Å². The van der Waals surface area contributed by atoms with Crippen LogP contribution in [0.2, 0.25) is 0 Å². The molecule has 46 heavy (non-hydrogen) atoms. The SMILES string of the molecule is CCC(=O)N1CC[C@@H](C2=NC(=O)c3cc(-c4c(O)cccc4F)ncc3C2c2cccc(S(=O)(=O)n3cc4ncncc4n3)c2)C1. The number of hydrogen-bond donors (Lipinski definition) is 1. The normalized spacial score (nSPS) is 18.1. The molecular weight excluding hydrogens is 613 g/mol. The second kappa shape index (κ2) is 11.2. The minimum absolute atomic E-state index is 0.0115. The Labute approximate surface area is 262 Å². The van der Waals surface area contributed by atoms with Gasteiger partial charge in [0, 0.05) is 42.9 Å². The van der Waals surface area contributed by atoms with E-state index in [2.05, 4.69) is 25.0 Å². The number of aromatic hydroxyl groups is 1. The zero-order valence-corrected chi connectivity index (χ0v) is 25.2. The molecule has 0 spiro atoms. The summed E-state index contributed by atoms with van der Waals surface area (Å²) in [4.78, 5) is 44.7. The van der Waals surface area contributed by atoms with Gasteiger partial charge in [-0.05, 0) is 47.9 Å². The van der Waals surface area contributed by atoms with Gasteiger partial charge < -0.3 is 10.0 Å². The Morgan fingerprint density at radius 1 is 1.09 bits per heavy atom. The lowest BCUT2D eigenvalue weighted by molar-refractivity contribution is -0.129. The molecule has 7 rings (SSSR count). The summed E-state index contributed by atoms with van der Waals surface area (Å²) in [6.45, 7) is 2.64. The number of nitrogens with zero attached hydrogens (tertiary/aromatic N) is 7. The quantitative estimate of drug-likeness (QED) is 0.290. The van der Waals surface area contributed by atoms with E-state index in [0.717, 1.165) is 4.09 Å². The number of carbonyl (C=O) groups excluding carboxylic acids is 2. The first kappa shape index (κ1) is 29.3. The Balaban J connectivity index is 1.35. The summed E-state index contributed by atoms with van der Waals surface area (Å²) in [6, 6.07) is 11.5. The standard InChI is InChI=1S/C32H26FN7O5S/c1-2-28(42)39-10-9-19(15-39)31-29(22-13-35-24(12-21(22)32(43)37-31)30-23(33)7-4-8-27(30)41)18-5-3-6-20(11-18)46(44,45)40-16-26-25(38-40)14-34-17-36-26/h3-8,11-14,16-17,19,29,41H,2,9-10,15H2,1H3/t19-,29?/m1/s1. The summed E-state index contributed by atoms with van der Waals surface area (Å²) in [7, 11) is -4.17. The van der Waals surface area contributed by atoms with E-state index in [9.17, 15) is 27.5 Å². The number of pyridine rings is 1. The van der Waals surface area contributed by atoms with Crippen molar-refractivity contribution in [2.75, 3.05) is 13.1 Å². The Bertz CT molecular complexity index is 2150. The number of aliphatic imine (C=N–C) groups is 1. The van der Waals surface area contributed by atoms with Gasteiger partial charge in [-0.1, -0.05) is 25.1 Å². The number of aromatic nitrogens is 5. The van der Waals surface area contributed by atoms with Crippen LogP contribution in [0.5, 0.6) is 5.75 Å². The van der Waals surface area contributed by atoms with E-state index in [0.29, 0.717) is 53.8 Å². The molecule has 14 heteroatoms. The van der Waals surface area contributed by atoms with Crippen LogP contribution in [-0.4, -0.2) is 73.2 Å². The van der Waals surface area contributed by atoms with Crippen LogP contribution in [0.4, 0.5) is 4.39 Å². The summed E-state index contributed by atoms with van der Waals surface area (Å²) in [5, 5.41) is 14.5. The monoisotopic (exact) mass is 639 g/mol. The number of amides is 2. The van der Waals surface area contributed by atoms with E-state index in [4.69, 9.17) is 0 Å². The van der Waals surface area contributed by atoms with Gasteiger partial charge in [0.2, 0.25) is 5.91 Å². The van der Waals surface area contributed by atoms with Crippen LogP contribution >= 0.6 is 0 Å². The minimum Gasteiger partial charge on any atom is -0.507 e. The van der Waals surface area contributed by atoms with Gasteiger partial charge in [-0.3, -0.25) is 14.6 Å². The third-order valence-corrected chi connectivity index (χ3v) is 9.94. The fourth-order valence-corrected chi connectivity index (χ4v) is 7.33. The molecule has 0 radical (unpaired) electrons.